The molecule has 1 aromatic heterocycles. The van der Waals surface area contributed by atoms with Gasteiger partial charge in [0.15, 0.2) is 0 Å². The number of rotatable bonds is 5. The minimum atomic E-state index is -1.03. The van der Waals surface area contributed by atoms with E-state index in [1.165, 1.54) is 18.4 Å². The van der Waals surface area contributed by atoms with E-state index in [1.807, 2.05) is 0 Å². The number of benzene rings is 1. The van der Waals surface area contributed by atoms with Crippen LogP contribution in [0.2, 0.25) is 0 Å². The molecule has 0 fully saturated rings. The summed E-state index contributed by atoms with van der Waals surface area (Å²) in [7, 11) is 0. The van der Waals surface area contributed by atoms with E-state index in [1.54, 1.807) is 12.1 Å². The number of carboxylic acids is 1. The molecule has 0 aliphatic carbocycles. The van der Waals surface area contributed by atoms with Crippen LogP contribution >= 0.6 is 15.9 Å². The van der Waals surface area contributed by atoms with Crippen molar-refractivity contribution in [2.45, 2.75) is 13.1 Å². The third-order valence-electron chi connectivity index (χ3n) is 2.52. The molecule has 2 rings (SSSR count). The van der Waals surface area contributed by atoms with Crippen LogP contribution in [0.4, 0.5) is 4.39 Å². The van der Waals surface area contributed by atoms with Gasteiger partial charge in [0.2, 0.25) is 0 Å². The topological polar surface area (TPSA) is 62.5 Å². The highest BCUT2D eigenvalue weighted by atomic mass is 79.9. The lowest BCUT2D eigenvalue weighted by atomic mass is 10.2. The van der Waals surface area contributed by atoms with Crippen LogP contribution < -0.4 is 5.32 Å². The smallest absolute Gasteiger partial charge is 0.338 e. The average Bonchev–Trinajstić information content (AvgIpc) is 2.82. The molecule has 1 heterocycles. The van der Waals surface area contributed by atoms with Crippen LogP contribution in [0, 0.1) is 5.82 Å². The second-order valence-electron chi connectivity index (χ2n) is 3.95. The molecule has 0 saturated heterocycles. The molecule has 100 valence electrons. The number of nitrogens with one attached hydrogen (secondary N) is 1. The molecular weight excluding hydrogens is 317 g/mol. The number of furan rings is 1. The number of hydrogen-bond donors (Lipinski definition) is 2. The monoisotopic (exact) mass is 327 g/mol. The normalized spacial score (nSPS) is 10.6. The molecule has 0 saturated carbocycles. The van der Waals surface area contributed by atoms with E-state index < -0.39 is 5.97 Å². The summed E-state index contributed by atoms with van der Waals surface area (Å²) in [6, 6.07) is 6.14. The summed E-state index contributed by atoms with van der Waals surface area (Å²) in [4.78, 5) is 10.7. The van der Waals surface area contributed by atoms with Crippen molar-refractivity contribution in [2.75, 3.05) is 0 Å². The van der Waals surface area contributed by atoms with Gasteiger partial charge in [0, 0.05) is 16.6 Å². The lowest BCUT2D eigenvalue weighted by Gasteiger charge is -2.05. The Kier molecular flexibility index (Phi) is 4.34. The average molecular weight is 328 g/mol. The van der Waals surface area contributed by atoms with E-state index >= 15 is 0 Å². The lowest BCUT2D eigenvalue weighted by molar-refractivity contribution is 0.0696. The first-order valence-corrected chi connectivity index (χ1v) is 6.31. The molecule has 6 heteroatoms. The van der Waals surface area contributed by atoms with Gasteiger partial charge in [-0.15, -0.1) is 0 Å². The highest BCUT2D eigenvalue weighted by Crippen LogP contribution is 2.15. The van der Waals surface area contributed by atoms with Crippen molar-refractivity contribution in [1.82, 2.24) is 5.32 Å². The maximum absolute atomic E-state index is 13.4. The van der Waals surface area contributed by atoms with Gasteiger partial charge in [0.1, 0.15) is 17.8 Å². The summed E-state index contributed by atoms with van der Waals surface area (Å²) in [5.41, 5.74) is 0.629. The third-order valence-corrected chi connectivity index (χ3v) is 3.02. The fourth-order valence-corrected chi connectivity index (χ4v) is 1.99. The number of carbonyl (C=O) groups is 1. The SMILES string of the molecule is O=C(O)c1coc(CNCc2cc(Br)ccc2F)c1. The molecule has 0 amide bonds. The Balaban J connectivity index is 1.92. The second kappa shape index (κ2) is 5.99. The van der Waals surface area contributed by atoms with Gasteiger partial charge in [0.25, 0.3) is 0 Å². The van der Waals surface area contributed by atoms with E-state index in [9.17, 15) is 9.18 Å². The Morgan fingerprint density at radius 3 is 2.84 bits per heavy atom. The van der Waals surface area contributed by atoms with Crippen molar-refractivity contribution in [3.8, 4) is 0 Å². The van der Waals surface area contributed by atoms with Gasteiger partial charge in [0.05, 0.1) is 12.1 Å². The minimum Gasteiger partial charge on any atom is -0.478 e. The van der Waals surface area contributed by atoms with Crippen LogP contribution in [0.25, 0.3) is 0 Å². The lowest BCUT2D eigenvalue weighted by Crippen LogP contribution is -2.13. The molecule has 1 aromatic carbocycles. The second-order valence-corrected chi connectivity index (χ2v) is 4.86. The van der Waals surface area contributed by atoms with E-state index in [0.717, 1.165) is 4.47 Å². The predicted octanol–water partition coefficient (Wildman–Crippen LogP) is 3.17. The zero-order valence-electron chi connectivity index (χ0n) is 9.82. The van der Waals surface area contributed by atoms with Crippen molar-refractivity contribution in [3.63, 3.8) is 0 Å². The Hall–Kier alpha value is -1.66. The van der Waals surface area contributed by atoms with Gasteiger partial charge < -0.3 is 14.8 Å². The van der Waals surface area contributed by atoms with E-state index in [2.05, 4.69) is 21.2 Å². The van der Waals surface area contributed by atoms with Crippen molar-refractivity contribution < 1.29 is 18.7 Å². The summed E-state index contributed by atoms with van der Waals surface area (Å²) < 4.78 is 19.3. The molecule has 2 N–H and O–H groups in total. The largest absolute Gasteiger partial charge is 0.478 e. The molecule has 19 heavy (non-hydrogen) atoms. The number of carboxylic acid groups (broad SMARTS) is 1. The van der Waals surface area contributed by atoms with Crippen LogP contribution in [-0.2, 0) is 13.1 Å². The van der Waals surface area contributed by atoms with Crippen LogP contribution in [0.1, 0.15) is 21.7 Å². The Bertz CT molecular complexity index is 597. The van der Waals surface area contributed by atoms with Crippen LogP contribution in [0.5, 0.6) is 0 Å². The quantitative estimate of drug-likeness (QED) is 0.885. The Morgan fingerprint density at radius 1 is 1.37 bits per heavy atom. The maximum Gasteiger partial charge on any atom is 0.338 e. The number of halogens is 2. The van der Waals surface area contributed by atoms with Gasteiger partial charge in [-0.25, -0.2) is 9.18 Å². The van der Waals surface area contributed by atoms with Crippen molar-refractivity contribution in [1.29, 1.82) is 0 Å². The molecule has 0 atom stereocenters. The summed E-state index contributed by atoms with van der Waals surface area (Å²) in [5.74, 6) is -0.831. The molecule has 0 aliphatic rings. The van der Waals surface area contributed by atoms with E-state index in [-0.39, 0.29) is 11.4 Å². The summed E-state index contributed by atoms with van der Waals surface area (Å²) in [6.45, 7) is 0.660. The van der Waals surface area contributed by atoms with Crippen molar-refractivity contribution >= 4 is 21.9 Å². The molecule has 0 unspecified atom stereocenters. The zero-order chi connectivity index (χ0) is 13.8. The third kappa shape index (κ3) is 3.65. The predicted molar refractivity (Wildman–Crippen MR) is 70.3 cm³/mol. The highest BCUT2D eigenvalue weighted by molar-refractivity contribution is 9.10. The molecule has 2 aromatic rings. The number of hydrogen-bond acceptors (Lipinski definition) is 3. The van der Waals surface area contributed by atoms with Gasteiger partial charge in [-0.1, -0.05) is 15.9 Å². The van der Waals surface area contributed by atoms with Gasteiger partial charge in [-0.05, 0) is 24.3 Å². The first kappa shape index (κ1) is 13.8. The minimum absolute atomic E-state index is 0.102. The van der Waals surface area contributed by atoms with Crippen molar-refractivity contribution in [3.05, 3.63) is 57.7 Å². The standard InChI is InChI=1S/C13H11BrFNO3/c14-10-1-2-12(15)8(3-10)5-16-6-11-4-9(7-19-11)13(17)18/h1-4,7,16H,5-6H2,(H,17,18). The Labute approximate surface area is 117 Å². The van der Waals surface area contributed by atoms with E-state index in [4.69, 9.17) is 9.52 Å². The van der Waals surface area contributed by atoms with Crippen molar-refractivity contribution in [2.24, 2.45) is 0 Å². The first-order valence-electron chi connectivity index (χ1n) is 5.51. The summed E-state index contributed by atoms with van der Waals surface area (Å²) in [5, 5.41) is 11.7. The van der Waals surface area contributed by atoms with Gasteiger partial charge in [-0.2, -0.15) is 0 Å². The molecule has 0 bridgehead atoms. The maximum atomic E-state index is 13.4. The van der Waals surface area contributed by atoms with E-state index in [0.29, 0.717) is 24.4 Å². The van der Waals surface area contributed by atoms with Gasteiger partial charge >= 0.3 is 5.97 Å². The van der Waals surface area contributed by atoms with Crippen LogP contribution in [-0.4, -0.2) is 11.1 Å². The van der Waals surface area contributed by atoms with Crippen LogP contribution in [0.15, 0.2) is 39.4 Å². The highest BCUT2D eigenvalue weighted by Gasteiger charge is 2.08. The molecule has 0 aliphatic heterocycles. The summed E-state index contributed by atoms with van der Waals surface area (Å²) in [6.07, 6.45) is 1.18. The Morgan fingerprint density at radius 2 is 2.16 bits per heavy atom. The molecular formula is C13H11BrFNO3. The zero-order valence-corrected chi connectivity index (χ0v) is 11.4. The number of aromatic carboxylic acids is 1. The molecule has 4 nitrogen and oxygen atoms in total. The molecule has 0 spiro atoms. The summed E-state index contributed by atoms with van der Waals surface area (Å²) >= 11 is 3.27. The fraction of sp³-hybridized carbons (Fsp3) is 0.154. The first-order chi connectivity index (χ1) is 9.06. The molecule has 0 radical (unpaired) electrons. The van der Waals surface area contributed by atoms with Gasteiger partial charge in [-0.3, -0.25) is 0 Å². The van der Waals surface area contributed by atoms with Crippen LogP contribution in [0.3, 0.4) is 0 Å². The fourth-order valence-electron chi connectivity index (χ4n) is 1.58.